The third-order valence-corrected chi connectivity index (χ3v) is 7.74. The van der Waals surface area contributed by atoms with Gasteiger partial charge in [-0.2, -0.15) is 0 Å². The Bertz CT molecular complexity index is 1550. The number of hydrogen-bond acceptors (Lipinski definition) is 10. The Hall–Kier alpha value is -4.36. The van der Waals surface area contributed by atoms with Crippen LogP contribution in [0.25, 0.3) is 0 Å². The number of rotatable bonds is 12. The first-order valence-electron chi connectivity index (χ1n) is 14.8. The van der Waals surface area contributed by atoms with E-state index in [1.165, 1.54) is 18.2 Å². The zero-order valence-corrected chi connectivity index (χ0v) is 25.8. The average molecular weight is 637 g/mol. The van der Waals surface area contributed by atoms with E-state index in [0.717, 1.165) is 22.5 Å². The number of amides is 2. The predicted molar refractivity (Wildman–Crippen MR) is 171 cm³/mol. The second-order valence-corrected chi connectivity index (χ2v) is 11.0. The van der Waals surface area contributed by atoms with Gasteiger partial charge >= 0.3 is 0 Å². The molecule has 0 radical (unpaired) electrons. The number of benzene rings is 3. The van der Waals surface area contributed by atoms with Crippen molar-refractivity contribution >= 4 is 34.8 Å². The summed E-state index contributed by atoms with van der Waals surface area (Å²) in [6.45, 7) is 5.46. The van der Waals surface area contributed by atoms with Crippen molar-refractivity contribution < 1.29 is 29.3 Å². The molecule has 5 rings (SSSR count). The van der Waals surface area contributed by atoms with Gasteiger partial charge in [0, 0.05) is 34.9 Å². The lowest BCUT2D eigenvalue weighted by Crippen LogP contribution is -2.47. The first-order valence-corrected chi connectivity index (χ1v) is 15.2. The highest BCUT2D eigenvalue weighted by atomic mass is 35.5. The number of carbonyl (C=O) groups excluding carboxylic acids is 2. The summed E-state index contributed by atoms with van der Waals surface area (Å²) < 4.78 is 11.7. The number of aromatic hydroxyl groups is 2. The Balaban J connectivity index is 1.27. The fourth-order valence-electron chi connectivity index (χ4n) is 5.37. The maximum atomic E-state index is 12.7. The van der Waals surface area contributed by atoms with Gasteiger partial charge in [0.1, 0.15) is 18.5 Å². The van der Waals surface area contributed by atoms with Crippen LogP contribution in [-0.4, -0.2) is 79.0 Å². The van der Waals surface area contributed by atoms with Crippen LogP contribution in [0, 0.1) is 0 Å². The molecular weight excluding hydrogens is 600 g/mol. The van der Waals surface area contributed by atoms with Gasteiger partial charge in [-0.05, 0) is 56.3 Å². The van der Waals surface area contributed by atoms with Crippen molar-refractivity contribution in [3.8, 4) is 17.2 Å². The smallest absolute Gasteiger partial charge is 0.255 e. The summed E-state index contributed by atoms with van der Waals surface area (Å²) in [4.78, 5) is 32.3. The maximum Gasteiger partial charge on any atom is 0.255 e. The number of fused-ring (bicyclic) bond motifs is 3. The Morgan fingerprint density at radius 1 is 1.02 bits per heavy atom. The van der Waals surface area contributed by atoms with Crippen molar-refractivity contribution in [2.75, 3.05) is 37.8 Å². The van der Waals surface area contributed by atoms with Crippen LogP contribution in [-0.2, 0) is 9.53 Å². The fourth-order valence-corrected chi connectivity index (χ4v) is 5.50. The molecule has 0 saturated carbocycles. The van der Waals surface area contributed by atoms with E-state index >= 15 is 0 Å². The van der Waals surface area contributed by atoms with Crippen molar-refractivity contribution in [2.45, 2.75) is 38.6 Å². The minimum Gasteiger partial charge on any atom is -0.504 e. The molecular formula is C32H37ClN6O6. The number of phenolic OH excluding ortho intramolecular Hbond substituents is 2. The highest BCUT2D eigenvalue weighted by Gasteiger charge is 2.40. The van der Waals surface area contributed by atoms with Crippen LogP contribution in [0.15, 0.2) is 65.7 Å². The number of carbonyl (C=O) groups is 2. The van der Waals surface area contributed by atoms with Crippen LogP contribution in [0.1, 0.15) is 41.8 Å². The van der Waals surface area contributed by atoms with Crippen molar-refractivity contribution in [3.63, 3.8) is 0 Å². The molecule has 0 bridgehead atoms. The monoisotopic (exact) mass is 636 g/mol. The number of anilines is 1. The summed E-state index contributed by atoms with van der Waals surface area (Å²) >= 11 is 6.20. The molecule has 2 aliphatic rings. The van der Waals surface area contributed by atoms with Gasteiger partial charge in [-0.25, -0.2) is 10.9 Å². The summed E-state index contributed by atoms with van der Waals surface area (Å²) in [6, 6.07) is 17.1. The van der Waals surface area contributed by atoms with Crippen molar-refractivity contribution in [2.24, 2.45) is 4.99 Å². The maximum absolute atomic E-state index is 12.7. The van der Waals surface area contributed by atoms with Crippen molar-refractivity contribution in [1.82, 2.24) is 21.5 Å². The molecule has 3 aromatic carbocycles. The molecule has 13 heteroatoms. The van der Waals surface area contributed by atoms with E-state index in [0.29, 0.717) is 17.3 Å². The number of nitrogens with one attached hydrogen (secondary N) is 4. The Morgan fingerprint density at radius 3 is 2.60 bits per heavy atom. The van der Waals surface area contributed by atoms with Gasteiger partial charge in [-0.1, -0.05) is 29.8 Å². The van der Waals surface area contributed by atoms with Gasteiger partial charge in [0.2, 0.25) is 5.91 Å². The third-order valence-electron chi connectivity index (χ3n) is 7.49. The van der Waals surface area contributed by atoms with Gasteiger partial charge < -0.3 is 35.2 Å². The molecule has 3 atom stereocenters. The number of hydrogen-bond donors (Lipinski definition) is 6. The van der Waals surface area contributed by atoms with E-state index in [2.05, 4.69) is 26.4 Å². The highest BCUT2D eigenvalue weighted by molar-refractivity contribution is 6.30. The topological polar surface area (TPSA) is 157 Å². The van der Waals surface area contributed by atoms with Crippen LogP contribution in [0.4, 0.5) is 5.69 Å². The number of phenols is 2. The van der Waals surface area contributed by atoms with Crippen LogP contribution in [0.5, 0.6) is 17.2 Å². The largest absolute Gasteiger partial charge is 0.504 e. The molecule has 0 aliphatic carbocycles. The number of para-hydroxylation sites is 1. The molecule has 1 fully saturated rings. The summed E-state index contributed by atoms with van der Waals surface area (Å²) in [5.41, 5.74) is 9.99. The quantitative estimate of drug-likeness (QED) is 0.130. The molecule has 2 aliphatic heterocycles. The number of hydrazine groups is 1. The van der Waals surface area contributed by atoms with Crippen LogP contribution in [0.2, 0.25) is 5.02 Å². The SMILES string of the molecule is CCNC(=O)C[C@@H]1N=C(c2ccc(Cl)cc2)c2cc(OCCOCCNC(=O)c3cccc(O)c3O)ccc2N2C(C)NNC12. The van der Waals surface area contributed by atoms with Gasteiger partial charge in [0.05, 0.1) is 43.1 Å². The molecule has 3 aromatic rings. The fraction of sp³-hybridized carbons (Fsp3) is 0.344. The van der Waals surface area contributed by atoms with E-state index in [-0.39, 0.29) is 68.4 Å². The van der Waals surface area contributed by atoms with Gasteiger partial charge in [-0.3, -0.25) is 14.6 Å². The Labute approximate surface area is 266 Å². The van der Waals surface area contributed by atoms with Crippen LogP contribution < -0.4 is 31.1 Å². The molecule has 45 heavy (non-hydrogen) atoms. The summed E-state index contributed by atoms with van der Waals surface area (Å²) in [5, 5.41) is 25.6. The third kappa shape index (κ3) is 7.48. The summed E-state index contributed by atoms with van der Waals surface area (Å²) in [5.74, 6) is -0.787. The second-order valence-electron chi connectivity index (χ2n) is 10.6. The van der Waals surface area contributed by atoms with E-state index in [1.807, 2.05) is 56.3 Å². The highest BCUT2D eigenvalue weighted by Crippen LogP contribution is 2.36. The molecule has 2 unspecified atom stereocenters. The molecule has 1 saturated heterocycles. The zero-order valence-electron chi connectivity index (χ0n) is 25.0. The number of aliphatic imine (C=N–C) groups is 1. The van der Waals surface area contributed by atoms with E-state index in [9.17, 15) is 19.8 Å². The molecule has 2 heterocycles. The molecule has 0 aromatic heterocycles. The standard InChI is InChI=1S/C32H37ClN6O6/c1-3-34-28(41)18-25-31-38-37-19(2)39(31)26-12-11-22(17-24(26)29(36-25)20-7-9-21(33)10-8-20)45-16-15-44-14-13-35-32(43)23-5-4-6-27(40)30(23)42/h4-12,17,19,25,31,37-38,40,42H,3,13-16,18H2,1-2H3,(H,34,41)(H,35,43)/t19?,25-,31?/m0/s1. The molecule has 6 N–H and O–H groups in total. The lowest BCUT2D eigenvalue weighted by atomic mass is 9.99. The van der Waals surface area contributed by atoms with E-state index < -0.39 is 11.7 Å². The van der Waals surface area contributed by atoms with Crippen molar-refractivity contribution in [3.05, 3.63) is 82.4 Å². The normalized spacial score (nSPS) is 18.8. The van der Waals surface area contributed by atoms with Crippen molar-refractivity contribution in [1.29, 1.82) is 0 Å². The minimum absolute atomic E-state index is 0.0141. The zero-order chi connectivity index (χ0) is 31.9. The van der Waals surface area contributed by atoms with E-state index in [4.69, 9.17) is 26.1 Å². The minimum atomic E-state index is -0.514. The van der Waals surface area contributed by atoms with E-state index in [1.54, 1.807) is 0 Å². The number of halogens is 1. The second kappa shape index (κ2) is 14.6. The Kier molecular flexibility index (Phi) is 10.4. The molecule has 238 valence electrons. The van der Waals surface area contributed by atoms with Crippen LogP contribution in [0.3, 0.4) is 0 Å². The average Bonchev–Trinajstić information content (AvgIpc) is 3.35. The van der Waals surface area contributed by atoms with Gasteiger partial charge in [-0.15, -0.1) is 0 Å². The lowest BCUT2D eigenvalue weighted by Gasteiger charge is -2.31. The first kappa shape index (κ1) is 32.0. The first-order chi connectivity index (χ1) is 21.8. The lowest BCUT2D eigenvalue weighted by molar-refractivity contribution is -0.121. The predicted octanol–water partition coefficient (Wildman–Crippen LogP) is 2.91. The summed E-state index contributed by atoms with van der Waals surface area (Å²) in [7, 11) is 0. The number of nitrogens with zero attached hydrogens (tertiary/aromatic N) is 2. The Morgan fingerprint density at radius 2 is 1.82 bits per heavy atom. The molecule has 2 amide bonds. The molecule has 0 spiro atoms. The van der Waals surface area contributed by atoms with Gasteiger partial charge in [0.15, 0.2) is 11.5 Å². The molecule has 12 nitrogen and oxygen atoms in total. The summed E-state index contributed by atoms with van der Waals surface area (Å²) in [6.07, 6.45) is -0.122. The number of ether oxygens (including phenoxy) is 2. The van der Waals surface area contributed by atoms with Crippen LogP contribution >= 0.6 is 11.6 Å². The van der Waals surface area contributed by atoms with Gasteiger partial charge in [0.25, 0.3) is 5.91 Å².